The molecule has 0 saturated heterocycles. The third-order valence-electron chi connectivity index (χ3n) is 9.73. The Labute approximate surface area is 302 Å². The average molecular weight is 667 g/mol. The van der Waals surface area contributed by atoms with Crippen LogP contribution in [0.4, 0.5) is 0 Å². The van der Waals surface area contributed by atoms with E-state index < -0.39 is 5.41 Å². The Bertz CT molecular complexity index is 2560. The molecule has 1 aliphatic heterocycles. The first-order chi connectivity index (χ1) is 25.7. The number of nitriles is 1. The highest BCUT2D eigenvalue weighted by molar-refractivity contribution is 5.83. The third-order valence-corrected chi connectivity index (χ3v) is 9.73. The fourth-order valence-electron chi connectivity index (χ4n) is 7.34. The minimum absolute atomic E-state index is 0.532. The summed E-state index contributed by atoms with van der Waals surface area (Å²) in [6, 6.07) is 63.9. The van der Waals surface area contributed by atoms with Gasteiger partial charge in [-0.05, 0) is 58.7 Å². The molecule has 0 amide bonds. The smallest absolute Gasteiger partial charge is 0.164 e. The zero-order valence-electron chi connectivity index (χ0n) is 28.0. The topological polar surface area (TPSA) is 71.7 Å². The summed E-state index contributed by atoms with van der Waals surface area (Å²) in [7, 11) is 0. The van der Waals surface area contributed by atoms with Crippen molar-refractivity contribution in [3.63, 3.8) is 0 Å². The van der Waals surface area contributed by atoms with Gasteiger partial charge in [-0.1, -0.05) is 146 Å². The molecule has 0 saturated carbocycles. The molecule has 0 unspecified atom stereocenters. The van der Waals surface area contributed by atoms with Gasteiger partial charge in [0.15, 0.2) is 17.5 Å². The number of hydrogen-bond acceptors (Lipinski definition) is 5. The Balaban J connectivity index is 1.24. The molecule has 9 rings (SSSR count). The van der Waals surface area contributed by atoms with Gasteiger partial charge in [0.1, 0.15) is 11.5 Å². The molecule has 8 aromatic rings. The second-order valence-corrected chi connectivity index (χ2v) is 12.7. The van der Waals surface area contributed by atoms with Gasteiger partial charge in [-0.2, -0.15) is 5.26 Å². The lowest BCUT2D eigenvalue weighted by Crippen LogP contribution is -2.34. The van der Waals surface area contributed by atoms with Gasteiger partial charge in [-0.3, -0.25) is 0 Å². The summed E-state index contributed by atoms with van der Waals surface area (Å²) in [5.41, 5.74) is 8.98. The molecular formula is C47H30N4O. The summed E-state index contributed by atoms with van der Waals surface area (Å²) < 4.78 is 6.79. The standard InChI is InChI=1S/C47H30N4O/c48-31-32-24-26-34(27-25-32)45-49-44(33-14-4-1-5-15-33)50-46(51-45)39-21-11-10-20-38(39)35-28-29-41-43(30-35)52-42-23-13-12-22-40(42)47(41,36-16-6-2-7-17-36)37-18-8-3-9-19-37/h1-30H. The van der Waals surface area contributed by atoms with Crippen molar-refractivity contribution >= 4 is 0 Å². The molecule has 7 aromatic carbocycles. The van der Waals surface area contributed by atoms with Crippen molar-refractivity contribution in [3.8, 4) is 62.9 Å². The second-order valence-electron chi connectivity index (χ2n) is 12.7. The van der Waals surface area contributed by atoms with E-state index in [0.29, 0.717) is 23.0 Å². The zero-order valence-corrected chi connectivity index (χ0v) is 28.0. The average Bonchev–Trinajstić information content (AvgIpc) is 3.23. The molecule has 2 heterocycles. The van der Waals surface area contributed by atoms with Gasteiger partial charge in [0.25, 0.3) is 0 Å². The predicted molar refractivity (Wildman–Crippen MR) is 205 cm³/mol. The highest BCUT2D eigenvalue weighted by Gasteiger charge is 2.45. The van der Waals surface area contributed by atoms with Crippen molar-refractivity contribution in [1.82, 2.24) is 15.0 Å². The van der Waals surface area contributed by atoms with Gasteiger partial charge >= 0.3 is 0 Å². The first-order valence-corrected chi connectivity index (χ1v) is 17.2. The minimum atomic E-state index is -0.598. The van der Waals surface area contributed by atoms with Gasteiger partial charge in [-0.15, -0.1) is 0 Å². The van der Waals surface area contributed by atoms with Gasteiger partial charge in [-0.25, -0.2) is 15.0 Å². The van der Waals surface area contributed by atoms with E-state index in [9.17, 15) is 5.26 Å². The highest BCUT2D eigenvalue weighted by atomic mass is 16.5. The summed E-state index contributed by atoms with van der Waals surface area (Å²) in [6.45, 7) is 0. The molecule has 0 spiro atoms. The van der Waals surface area contributed by atoms with E-state index in [0.717, 1.165) is 50.4 Å². The summed E-state index contributed by atoms with van der Waals surface area (Å²) in [4.78, 5) is 14.9. The van der Waals surface area contributed by atoms with E-state index in [1.807, 2.05) is 60.7 Å². The Kier molecular flexibility index (Phi) is 7.68. The third kappa shape index (κ3) is 5.22. The van der Waals surface area contributed by atoms with E-state index in [4.69, 9.17) is 19.7 Å². The highest BCUT2D eigenvalue weighted by Crippen LogP contribution is 2.55. The number of hydrogen-bond donors (Lipinski definition) is 0. The maximum Gasteiger partial charge on any atom is 0.164 e. The SMILES string of the molecule is N#Cc1ccc(-c2nc(-c3ccccc3)nc(-c3ccccc3-c3ccc4c(c3)Oc3ccccc3C4(c3ccccc3)c3ccccc3)n2)cc1. The maximum atomic E-state index is 9.39. The Morgan fingerprint density at radius 1 is 0.423 bits per heavy atom. The molecule has 0 radical (unpaired) electrons. The molecule has 0 aliphatic carbocycles. The molecule has 5 nitrogen and oxygen atoms in total. The summed E-state index contributed by atoms with van der Waals surface area (Å²) in [6.07, 6.45) is 0. The van der Waals surface area contributed by atoms with Crippen molar-refractivity contribution in [3.05, 3.63) is 210 Å². The van der Waals surface area contributed by atoms with Crippen LogP contribution in [0.1, 0.15) is 27.8 Å². The monoisotopic (exact) mass is 666 g/mol. The van der Waals surface area contributed by atoms with Crippen molar-refractivity contribution in [2.75, 3.05) is 0 Å². The number of rotatable bonds is 6. The normalized spacial score (nSPS) is 12.5. The molecular weight excluding hydrogens is 637 g/mol. The molecule has 0 N–H and O–H groups in total. The number of ether oxygens (including phenoxy) is 1. The first-order valence-electron chi connectivity index (χ1n) is 17.2. The fourth-order valence-corrected chi connectivity index (χ4v) is 7.34. The van der Waals surface area contributed by atoms with Crippen LogP contribution in [-0.4, -0.2) is 15.0 Å². The van der Waals surface area contributed by atoms with Crippen molar-refractivity contribution < 1.29 is 4.74 Å². The van der Waals surface area contributed by atoms with Crippen LogP contribution in [0.25, 0.3) is 45.3 Å². The second kappa shape index (κ2) is 12.9. The number of nitrogens with zero attached hydrogens (tertiary/aromatic N) is 4. The van der Waals surface area contributed by atoms with E-state index in [-0.39, 0.29) is 0 Å². The number of aromatic nitrogens is 3. The molecule has 244 valence electrons. The molecule has 0 fully saturated rings. The molecule has 0 atom stereocenters. The van der Waals surface area contributed by atoms with Crippen molar-refractivity contribution in [2.45, 2.75) is 5.41 Å². The number of fused-ring (bicyclic) bond motifs is 2. The molecule has 52 heavy (non-hydrogen) atoms. The van der Waals surface area contributed by atoms with Crippen LogP contribution in [0.2, 0.25) is 0 Å². The quantitative estimate of drug-likeness (QED) is 0.177. The molecule has 5 heteroatoms. The molecule has 1 aromatic heterocycles. The van der Waals surface area contributed by atoms with Gasteiger partial charge in [0.05, 0.1) is 17.0 Å². The Hall–Kier alpha value is -7.16. The Morgan fingerprint density at radius 2 is 0.923 bits per heavy atom. The first kappa shape index (κ1) is 30.9. The van der Waals surface area contributed by atoms with Crippen LogP contribution < -0.4 is 4.74 Å². The van der Waals surface area contributed by atoms with E-state index >= 15 is 0 Å². The van der Waals surface area contributed by atoms with Crippen LogP contribution in [0.5, 0.6) is 11.5 Å². The van der Waals surface area contributed by atoms with E-state index in [1.54, 1.807) is 12.1 Å². The molecule has 0 bridgehead atoms. The predicted octanol–water partition coefficient (Wildman–Crippen LogP) is 10.9. The van der Waals surface area contributed by atoms with E-state index in [2.05, 4.69) is 115 Å². The zero-order chi connectivity index (χ0) is 34.9. The lowest BCUT2D eigenvalue weighted by molar-refractivity contribution is 0.435. The minimum Gasteiger partial charge on any atom is -0.457 e. The van der Waals surface area contributed by atoms with Gasteiger partial charge in [0, 0.05) is 27.8 Å². The van der Waals surface area contributed by atoms with Crippen LogP contribution >= 0.6 is 0 Å². The summed E-state index contributed by atoms with van der Waals surface area (Å²) in [5.74, 6) is 3.27. The fraction of sp³-hybridized carbons (Fsp3) is 0.0213. The van der Waals surface area contributed by atoms with Crippen LogP contribution in [0.15, 0.2) is 182 Å². The van der Waals surface area contributed by atoms with Crippen LogP contribution in [-0.2, 0) is 5.41 Å². The van der Waals surface area contributed by atoms with E-state index in [1.165, 1.54) is 11.1 Å². The van der Waals surface area contributed by atoms with Crippen LogP contribution in [0.3, 0.4) is 0 Å². The largest absolute Gasteiger partial charge is 0.457 e. The summed E-state index contributed by atoms with van der Waals surface area (Å²) in [5, 5.41) is 9.39. The van der Waals surface area contributed by atoms with Crippen LogP contribution in [0, 0.1) is 11.3 Å². The summed E-state index contributed by atoms with van der Waals surface area (Å²) >= 11 is 0. The van der Waals surface area contributed by atoms with Gasteiger partial charge in [0.2, 0.25) is 0 Å². The molecule has 1 aliphatic rings. The van der Waals surface area contributed by atoms with Crippen molar-refractivity contribution in [1.29, 1.82) is 5.26 Å². The Morgan fingerprint density at radius 3 is 1.58 bits per heavy atom. The van der Waals surface area contributed by atoms with Gasteiger partial charge < -0.3 is 4.74 Å². The lowest BCUT2D eigenvalue weighted by atomic mass is 9.63. The van der Waals surface area contributed by atoms with Crippen molar-refractivity contribution in [2.24, 2.45) is 0 Å². The lowest BCUT2D eigenvalue weighted by Gasteiger charge is -2.41. The maximum absolute atomic E-state index is 9.39. The number of benzene rings is 7. The number of para-hydroxylation sites is 1.